The maximum Gasteiger partial charge on any atom is 0.256 e. The van der Waals surface area contributed by atoms with Crippen molar-refractivity contribution in [3.05, 3.63) is 60.2 Å². The Morgan fingerprint density at radius 2 is 1.68 bits per heavy atom. The Bertz CT molecular complexity index is 779. The molecule has 2 aromatic carbocycles. The van der Waals surface area contributed by atoms with E-state index < -0.39 is 0 Å². The van der Waals surface area contributed by atoms with Gasteiger partial charge in [-0.3, -0.25) is 9.69 Å². The van der Waals surface area contributed by atoms with E-state index in [-0.39, 0.29) is 18.3 Å². The van der Waals surface area contributed by atoms with Gasteiger partial charge in [-0.05, 0) is 30.7 Å². The molecule has 2 saturated heterocycles. The summed E-state index contributed by atoms with van der Waals surface area (Å²) in [6.07, 6.45) is 1.07. The van der Waals surface area contributed by atoms with Gasteiger partial charge >= 0.3 is 0 Å². The third-order valence-electron chi connectivity index (χ3n) is 5.76. The van der Waals surface area contributed by atoms with E-state index >= 15 is 0 Å². The number of rotatable bonds is 4. The van der Waals surface area contributed by atoms with Gasteiger partial charge in [-0.15, -0.1) is 12.4 Å². The van der Waals surface area contributed by atoms with Gasteiger partial charge in [0, 0.05) is 58.0 Å². The van der Waals surface area contributed by atoms with E-state index in [1.54, 1.807) is 0 Å². The molecule has 4 rings (SSSR count). The number of hydrogen-bond acceptors (Lipinski definition) is 4. The summed E-state index contributed by atoms with van der Waals surface area (Å²) in [5.41, 5.74) is 2.82. The van der Waals surface area contributed by atoms with Gasteiger partial charge in [-0.2, -0.15) is 0 Å². The van der Waals surface area contributed by atoms with E-state index in [4.69, 9.17) is 0 Å². The molecule has 0 radical (unpaired) electrons. The Morgan fingerprint density at radius 1 is 1.00 bits per heavy atom. The van der Waals surface area contributed by atoms with Crippen LogP contribution >= 0.6 is 12.4 Å². The van der Waals surface area contributed by atoms with Gasteiger partial charge in [0.25, 0.3) is 5.91 Å². The van der Waals surface area contributed by atoms with Crippen LogP contribution in [0.15, 0.2) is 54.6 Å². The number of carbonyl (C=O) groups is 1. The van der Waals surface area contributed by atoms with Crippen LogP contribution in [0, 0.1) is 0 Å². The molecule has 150 valence electrons. The number of amides is 1. The van der Waals surface area contributed by atoms with Gasteiger partial charge in [0.2, 0.25) is 0 Å². The smallest absolute Gasteiger partial charge is 0.256 e. The Morgan fingerprint density at radius 3 is 2.43 bits per heavy atom. The number of benzene rings is 2. The lowest BCUT2D eigenvalue weighted by molar-refractivity contribution is 0.0774. The number of para-hydroxylation sites is 2. The Labute approximate surface area is 173 Å². The van der Waals surface area contributed by atoms with Crippen molar-refractivity contribution < 1.29 is 4.79 Å². The topological polar surface area (TPSA) is 38.8 Å². The van der Waals surface area contributed by atoms with Crippen LogP contribution in [0.3, 0.4) is 0 Å². The molecule has 6 heteroatoms. The second kappa shape index (κ2) is 9.41. The molecule has 1 unspecified atom stereocenters. The van der Waals surface area contributed by atoms with Crippen molar-refractivity contribution in [1.29, 1.82) is 0 Å². The summed E-state index contributed by atoms with van der Waals surface area (Å²) in [6.45, 7) is 5.95. The van der Waals surface area contributed by atoms with E-state index in [0.717, 1.165) is 62.6 Å². The summed E-state index contributed by atoms with van der Waals surface area (Å²) in [4.78, 5) is 20.0. The molecule has 28 heavy (non-hydrogen) atoms. The Hall–Kier alpha value is -2.08. The SMILES string of the molecule is CN(c1ccccc1)c1ccccc1C(=O)N1CCC(N2CCNCC2)C1.Cl. The molecule has 2 fully saturated rings. The summed E-state index contributed by atoms with van der Waals surface area (Å²) in [5.74, 6) is 0.144. The van der Waals surface area contributed by atoms with Crippen molar-refractivity contribution in [2.75, 3.05) is 51.2 Å². The molecule has 1 atom stereocenters. The van der Waals surface area contributed by atoms with Crippen LogP contribution in [0.2, 0.25) is 0 Å². The Balaban J connectivity index is 0.00000225. The predicted octanol–water partition coefficient (Wildman–Crippen LogP) is 3.00. The third-order valence-corrected chi connectivity index (χ3v) is 5.76. The van der Waals surface area contributed by atoms with E-state index in [9.17, 15) is 4.79 Å². The molecular weight excluding hydrogens is 372 g/mol. The number of likely N-dealkylation sites (tertiary alicyclic amines) is 1. The van der Waals surface area contributed by atoms with Crippen LogP contribution in [0.5, 0.6) is 0 Å². The molecule has 2 heterocycles. The van der Waals surface area contributed by atoms with Gasteiger partial charge in [0.1, 0.15) is 0 Å². The number of piperazine rings is 1. The average molecular weight is 401 g/mol. The zero-order valence-corrected chi connectivity index (χ0v) is 17.2. The zero-order valence-electron chi connectivity index (χ0n) is 16.4. The van der Waals surface area contributed by atoms with Crippen LogP contribution in [-0.4, -0.2) is 68.1 Å². The summed E-state index contributed by atoms with van der Waals surface area (Å²) in [5, 5.41) is 3.41. The van der Waals surface area contributed by atoms with Gasteiger partial charge in [-0.25, -0.2) is 0 Å². The number of hydrogen-bond donors (Lipinski definition) is 1. The van der Waals surface area contributed by atoms with Crippen molar-refractivity contribution in [1.82, 2.24) is 15.1 Å². The molecule has 0 saturated carbocycles. The molecule has 2 aliphatic rings. The fourth-order valence-electron chi connectivity index (χ4n) is 4.18. The highest BCUT2D eigenvalue weighted by Crippen LogP contribution is 2.29. The highest BCUT2D eigenvalue weighted by Gasteiger charge is 2.32. The zero-order chi connectivity index (χ0) is 18.6. The number of halogens is 1. The second-order valence-electron chi connectivity index (χ2n) is 7.39. The van der Waals surface area contributed by atoms with Crippen molar-refractivity contribution >= 4 is 29.7 Å². The fraction of sp³-hybridized carbons (Fsp3) is 0.409. The van der Waals surface area contributed by atoms with Crippen molar-refractivity contribution in [2.45, 2.75) is 12.5 Å². The van der Waals surface area contributed by atoms with E-state index in [0.29, 0.717) is 6.04 Å². The quantitative estimate of drug-likeness (QED) is 0.856. The number of carbonyl (C=O) groups excluding carboxylic acids is 1. The van der Waals surface area contributed by atoms with Gasteiger partial charge in [-0.1, -0.05) is 30.3 Å². The molecule has 0 bridgehead atoms. The van der Waals surface area contributed by atoms with Gasteiger partial charge in [0.15, 0.2) is 0 Å². The summed E-state index contributed by atoms with van der Waals surface area (Å²) < 4.78 is 0. The first kappa shape index (κ1) is 20.6. The van der Waals surface area contributed by atoms with Gasteiger partial charge in [0.05, 0.1) is 11.3 Å². The molecule has 2 aliphatic heterocycles. The molecule has 0 aliphatic carbocycles. The first-order valence-corrected chi connectivity index (χ1v) is 9.86. The monoisotopic (exact) mass is 400 g/mol. The lowest BCUT2D eigenvalue weighted by Crippen LogP contribution is -2.49. The van der Waals surface area contributed by atoms with Crippen LogP contribution < -0.4 is 10.2 Å². The molecular formula is C22H29ClN4O. The minimum atomic E-state index is 0. The van der Waals surface area contributed by atoms with Crippen LogP contribution in [0.25, 0.3) is 0 Å². The highest BCUT2D eigenvalue weighted by molar-refractivity contribution is 6.00. The molecule has 0 aromatic heterocycles. The normalized spacial score (nSPS) is 19.9. The number of nitrogens with one attached hydrogen (secondary N) is 1. The molecule has 1 N–H and O–H groups in total. The Kier molecular flexibility index (Phi) is 6.94. The molecule has 1 amide bonds. The lowest BCUT2D eigenvalue weighted by atomic mass is 10.1. The van der Waals surface area contributed by atoms with Crippen molar-refractivity contribution in [3.63, 3.8) is 0 Å². The third kappa shape index (κ3) is 4.32. The molecule has 0 spiro atoms. The maximum absolute atomic E-state index is 13.3. The largest absolute Gasteiger partial charge is 0.344 e. The summed E-state index contributed by atoms with van der Waals surface area (Å²) >= 11 is 0. The average Bonchev–Trinajstić information content (AvgIpc) is 3.24. The number of nitrogens with zero attached hydrogens (tertiary/aromatic N) is 3. The molecule has 2 aromatic rings. The first-order chi connectivity index (χ1) is 13.2. The van der Waals surface area contributed by atoms with Crippen LogP contribution in [-0.2, 0) is 0 Å². The summed E-state index contributed by atoms with van der Waals surface area (Å²) in [6, 6.07) is 18.6. The van der Waals surface area contributed by atoms with E-state index in [1.165, 1.54) is 0 Å². The van der Waals surface area contributed by atoms with Gasteiger partial charge < -0.3 is 15.1 Å². The standard InChI is InChI=1S/C22H28N4O.ClH/c1-24(18-7-3-2-4-8-18)21-10-6-5-9-20(21)22(27)26-14-11-19(17-26)25-15-12-23-13-16-25;/h2-10,19,23H,11-17H2,1H3;1H. The highest BCUT2D eigenvalue weighted by atomic mass is 35.5. The second-order valence-corrected chi connectivity index (χ2v) is 7.39. The van der Waals surface area contributed by atoms with Crippen molar-refractivity contribution in [3.8, 4) is 0 Å². The van der Waals surface area contributed by atoms with Crippen LogP contribution in [0.1, 0.15) is 16.8 Å². The predicted molar refractivity (Wildman–Crippen MR) is 117 cm³/mol. The maximum atomic E-state index is 13.3. The summed E-state index contributed by atoms with van der Waals surface area (Å²) in [7, 11) is 2.02. The first-order valence-electron chi connectivity index (χ1n) is 9.86. The van der Waals surface area contributed by atoms with Crippen LogP contribution in [0.4, 0.5) is 11.4 Å². The molecule has 5 nitrogen and oxygen atoms in total. The lowest BCUT2D eigenvalue weighted by Gasteiger charge is -2.32. The van der Waals surface area contributed by atoms with Crippen molar-refractivity contribution in [2.24, 2.45) is 0 Å². The van der Waals surface area contributed by atoms with E-state index in [1.807, 2.05) is 54.4 Å². The minimum Gasteiger partial charge on any atom is -0.344 e. The minimum absolute atomic E-state index is 0. The fourth-order valence-corrected chi connectivity index (χ4v) is 4.18. The number of anilines is 2. The van der Waals surface area contributed by atoms with E-state index in [2.05, 4.69) is 27.2 Å².